The number of fused-ring (bicyclic) bond motifs is 1. The van der Waals surface area contributed by atoms with Gasteiger partial charge in [-0.2, -0.15) is 0 Å². The van der Waals surface area contributed by atoms with E-state index in [1.165, 1.54) is 5.69 Å². The molecule has 0 bridgehead atoms. The molecule has 6 nitrogen and oxygen atoms in total. The minimum absolute atomic E-state index is 0.204. The first-order valence-corrected chi connectivity index (χ1v) is 11.8. The first kappa shape index (κ1) is 23.4. The minimum atomic E-state index is -0.204. The van der Waals surface area contributed by atoms with Gasteiger partial charge in [-0.05, 0) is 80.4 Å². The van der Waals surface area contributed by atoms with Gasteiger partial charge in [-0.15, -0.1) is 0 Å². The molecule has 6 heteroatoms. The second kappa shape index (κ2) is 10.4. The predicted octanol–water partition coefficient (Wildman–Crippen LogP) is 6.63. The van der Waals surface area contributed by atoms with Crippen LogP contribution >= 0.6 is 0 Å². The molecule has 0 radical (unpaired) electrons. The van der Waals surface area contributed by atoms with Crippen molar-refractivity contribution in [1.82, 2.24) is 4.98 Å². The summed E-state index contributed by atoms with van der Waals surface area (Å²) in [4.78, 5) is 19.7. The summed E-state index contributed by atoms with van der Waals surface area (Å²) in [5, 5.41) is 2.94. The van der Waals surface area contributed by atoms with E-state index in [0.717, 1.165) is 18.7 Å². The summed E-state index contributed by atoms with van der Waals surface area (Å²) in [7, 11) is 0. The number of nitrogens with zero attached hydrogens (tertiary/aromatic N) is 2. The van der Waals surface area contributed by atoms with Gasteiger partial charge in [-0.25, -0.2) is 4.98 Å². The summed E-state index contributed by atoms with van der Waals surface area (Å²) in [5.74, 6) is 1.45. The third-order valence-corrected chi connectivity index (χ3v) is 5.57. The van der Waals surface area contributed by atoms with E-state index in [0.29, 0.717) is 46.5 Å². The molecule has 1 N–H and O–H groups in total. The molecule has 0 unspecified atom stereocenters. The molecule has 0 fully saturated rings. The van der Waals surface area contributed by atoms with Crippen LogP contribution < -0.4 is 15.0 Å². The van der Waals surface area contributed by atoms with Gasteiger partial charge in [0.1, 0.15) is 11.3 Å². The molecule has 0 aliphatic heterocycles. The number of hydrogen-bond acceptors (Lipinski definition) is 5. The largest absolute Gasteiger partial charge is 0.493 e. The van der Waals surface area contributed by atoms with Crippen LogP contribution in [-0.2, 0) is 0 Å². The molecule has 3 aromatic carbocycles. The zero-order chi connectivity index (χ0) is 24.1. The monoisotopic (exact) mass is 457 g/mol. The molecule has 0 spiro atoms. The summed E-state index contributed by atoms with van der Waals surface area (Å²) in [6.07, 6.45) is 0. The third kappa shape index (κ3) is 5.39. The summed E-state index contributed by atoms with van der Waals surface area (Å²) >= 11 is 0. The predicted molar refractivity (Wildman–Crippen MR) is 138 cm³/mol. The molecule has 0 atom stereocenters. The molecule has 4 aromatic rings. The average molecular weight is 458 g/mol. The molecule has 1 heterocycles. The van der Waals surface area contributed by atoms with Crippen molar-refractivity contribution in [2.24, 2.45) is 5.92 Å². The van der Waals surface area contributed by atoms with Gasteiger partial charge < -0.3 is 19.4 Å². The SMILES string of the molecule is CCN(CC)c1ccc(-c2nc3cc(NC(=O)c4cccc(OCC(C)C)c4)ccc3o2)cc1. The highest BCUT2D eigenvalue weighted by Gasteiger charge is 2.12. The van der Waals surface area contributed by atoms with Gasteiger partial charge in [0.05, 0.1) is 6.61 Å². The maximum atomic E-state index is 12.8. The number of rotatable bonds is 9. The molecule has 4 rings (SSSR count). The Morgan fingerprint density at radius 1 is 1.03 bits per heavy atom. The quantitative estimate of drug-likeness (QED) is 0.306. The maximum absolute atomic E-state index is 12.8. The van der Waals surface area contributed by atoms with Crippen LogP contribution in [0.25, 0.3) is 22.6 Å². The number of nitrogens with one attached hydrogen (secondary N) is 1. The Labute approximate surface area is 200 Å². The van der Waals surface area contributed by atoms with E-state index in [2.05, 4.69) is 55.0 Å². The van der Waals surface area contributed by atoms with Crippen molar-refractivity contribution >= 4 is 28.4 Å². The van der Waals surface area contributed by atoms with Crippen LogP contribution in [0.3, 0.4) is 0 Å². The van der Waals surface area contributed by atoms with Crippen molar-refractivity contribution in [3.8, 4) is 17.2 Å². The fraction of sp³-hybridized carbons (Fsp3) is 0.286. The van der Waals surface area contributed by atoms with Crippen molar-refractivity contribution in [2.75, 3.05) is 29.9 Å². The van der Waals surface area contributed by atoms with E-state index in [1.807, 2.05) is 42.5 Å². The minimum Gasteiger partial charge on any atom is -0.493 e. The van der Waals surface area contributed by atoms with E-state index < -0.39 is 0 Å². The Balaban J connectivity index is 1.49. The number of carbonyl (C=O) groups is 1. The normalized spacial score (nSPS) is 11.1. The van der Waals surface area contributed by atoms with Crippen LogP contribution in [0.1, 0.15) is 38.1 Å². The number of hydrogen-bond donors (Lipinski definition) is 1. The van der Waals surface area contributed by atoms with Gasteiger partial charge in [0, 0.05) is 35.6 Å². The standard InChI is InChI=1S/C28H31N3O3/c1-5-31(6-2)23-13-10-20(11-14-23)28-30-25-17-22(12-15-26(25)34-28)29-27(32)21-8-7-9-24(16-21)33-18-19(3)4/h7-17,19H,5-6,18H2,1-4H3,(H,29,32). The van der Waals surface area contributed by atoms with Crippen molar-refractivity contribution in [3.63, 3.8) is 0 Å². The first-order valence-electron chi connectivity index (χ1n) is 11.8. The molecular formula is C28H31N3O3. The smallest absolute Gasteiger partial charge is 0.255 e. The van der Waals surface area contributed by atoms with Gasteiger partial charge >= 0.3 is 0 Å². The lowest BCUT2D eigenvalue weighted by Gasteiger charge is -2.20. The molecule has 0 aliphatic rings. The fourth-order valence-corrected chi connectivity index (χ4v) is 3.73. The van der Waals surface area contributed by atoms with Gasteiger partial charge in [0.2, 0.25) is 5.89 Å². The molecule has 1 aromatic heterocycles. The van der Waals surface area contributed by atoms with Gasteiger partial charge in [-0.1, -0.05) is 19.9 Å². The number of benzene rings is 3. The Kier molecular flexibility index (Phi) is 7.16. The highest BCUT2D eigenvalue weighted by atomic mass is 16.5. The van der Waals surface area contributed by atoms with Gasteiger partial charge in [-0.3, -0.25) is 4.79 Å². The van der Waals surface area contributed by atoms with Gasteiger partial charge in [0.15, 0.2) is 5.58 Å². The number of aromatic nitrogens is 1. The highest BCUT2D eigenvalue weighted by molar-refractivity contribution is 6.05. The number of anilines is 2. The molecule has 0 aliphatic carbocycles. The topological polar surface area (TPSA) is 67.6 Å². The molecule has 0 saturated carbocycles. The average Bonchev–Trinajstić information content (AvgIpc) is 3.27. The summed E-state index contributed by atoms with van der Waals surface area (Å²) in [6.45, 7) is 11.0. The second-order valence-electron chi connectivity index (χ2n) is 8.61. The summed E-state index contributed by atoms with van der Waals surface area (Å²) < 4.78 is 11.7. The van der Waals surface area contributed by atoms with Crippen LogP contribution in [0, 0.1) is 5.92 Å². The Hall–Kier alpha value is -3.80. The van der Waals surface area contributed by atoms with E-state index in [9.17, 15) is 4.79 Å². The van der Waals surface area contributed by atoms with E-state index in [-0.39, 0.29) is 5.91 Å². The summed E-state index contributed by atoms with van der Waals surface area (Å²) in [6, 6.07) is 20.9. The van der Waals surface area contributed by atoms with Crippen LogP contribution in [0.15, 0.2) is 71.1 Å². The number of oxazole rings is 1. The fourth-order valence-electron chi connectivity index (χ4n) is 3.73. The molecule has 34 heavy (non-hydrogen) atoms. The van der Waals surface area contributed by atoms with Crippen LogP contribution in [0.2, 0.25) is 0 Å². The second-order valence-corrected chi connectivity index (χ2v) is 8.61. The summed E-state index contributed by atoms with van der Waals surface area (Å²) in [5.41, 5.74) is 4.64. The number of amides is 1. The maximum Gasteiger partial charge on any atom is 0.255 e. The molecular weight excluding hydrogens is 426 g/mol. The molecule has 176 valence electrons. The lowest BCUT2D eigenvalue weighted by Crippen LogP contribution is -2.21. The molecule has 1 amide bonds. The van der Waals surface area contributed by atoms with E-state index in [4.69, 9.17) is 9.15 Å². The number of carbonyl (C=O) groups excluding carboxylic acids is 1. The highest BCUT2D eigenvalue weighted by Crippen LogP contribution is 2.28. The Morgan fingerprint density at radius 2 is 1.79 bits per heavy atom. The van der Waals surface area contributed by atoms with Crippen LogP contribution in [-0.4, -0.2) is 30.6 Å². The van der Waals surface area contributed by atoms with Crippen molar-refractivity contribution < 1.29 is 13.9 Å². The number of ether oxygens (including phenoxy) is 1. The first-order chi connectivity index (χ1) is 16.5. The Morgan fingerprint density at radius 3 is 2.50 bits per heavy atom. The lowest BCUT2D eigenvalue weighted by atomic mass is 10.2. The van der Waals surface area contributed by atoms with Crippen LogP contribution in [0.4, 0.5) is 11.4 Å². The Bertz CT molecular complexity index is 1260. The molecule has 0 saturated heterocycles. The van der Waals surface area contributed by atoms with Crippen LogP contribution in [0.5, 0.6) is 5.75 Å². The van der Waals surface area contributed by atoms with Crippen molar-refractivity contribution in [1.29, 1.82) is 0 Å². The van der Waals surface area contributed by atoms with E-state index >= 15 is 0 Å². The van der Waals surface area contributed by atoms with Crippen molar-refractivity contribution in [3.05, 3.63) is 72.3 Å². The van der Waals surface area contributed by atoms with Crippen molar-refractivity contribution in [2.45, 2.75) is 27.7 Å². The zero-order valence-electron chi connectivity index (χ0n) is 20.2. The zero-order valence-corrected chi connectivity index (χ0v) is 20.2. The lowest BCUT2D eigenvalue weighted by molar-refractivity contribution is 0.102. The van der Waals surface area contributed by atoms with E-state index in [1.54, 1.807) is 12.1 Å². The van der Waals surface area contributed by atoms with Gasteiger partial charge in [0.25, 0.3) is 5.91 Å². The third-order valence-electron chi connectivity index (χ3n) is 5.57.